The van der Waals surface area contributed by atoms with Crippen LogP contribution >= 0.6 is 0 Å². The van der Waals surface area contributed by atoms with Gasteiger partial charge in [0.15, 0.2) is 5.43 Å². The van der Waals surface area contributed by atoms with Crippen LogP contribution in [0.25, 0.3) is 10.9 Å². The van der Waals surface area contributed by atoms with Crippen LogP contribution in [0.1, 0.15) is 46.1 Å². The number of hydrogen-bond acceptors (Lipinski definition) is 4. The Balaban J connectivity index is 2.10. The van der Waals surface area contributed by atoms with E-state index in [0.29, 0.717) is 0 Å². The van der Waals surface area contributed by atoms with Crippen LogP contribution in [0.3, 0.4) is 0 Å². The fourth-order valence-corrected chi connectivity index (χ4v) is 3.25. The molecule has 3 aromatic rings. The molecule has 0 aliphatic rings. The average Bonchev–Trinajstić information content (AvgIpc) is 2.74. The predicted octanol–water partition coefficient (Wildman–Crippen LogP) is 4.42. The van der Waals surface area contributed by atoms with E-state index < -0.39 is 40.6 Å². The normalized spacial score (nSPS) is 13.4. The molecule has 1 aromatic heterocycles. The molecule has 0 aliphatic carbocycles. The molecule has 9 heteroatoms. The standard InChI is InChI=1S/C22H19F3N4O2/c1-12(13-5-3-2-4-6-13)28-21(31)18-9-19(30)16-7-14(15(10-26)11-27)8-17(20(16)29-18)22(23,24)25/h2-12,15,26-27H,1H3,(H,28,31)(H,29,30). The number of amides is 1. The van der Waals surface area contributed by atoms with Crippen LogP contribution < -0.4 is 10.7 Å². The fourth-order valence-electron chi connectivity index (χ4n) is 3.25. The zero-order valence-corrected chi connectivity index (χ0v) is 16.4. The summed E-state index contributed by atoms with van der Waals surface area (Å²) in [7, 11) is 0. The van der Waals surface area contributed by atoms with Crippen molar-refractivity contribution in [2.24, 2.45) is 0 Å². The van der Waals surface area contributed by atoms with E-state index in [4.69, 9.17) is 10.8 Å². The van der Waals surface area contributed by atoms with E-state index in [-0.39, 0.29) is 16.6 Å². The molecule has 3 rings (SSSR count). The van der Waals surface area contributed by atoms with Gasteiger partial charge in [0.25, 0.3) is 5.91 Å². The van der Waals surface area contributed by atoms with Crippen molar-refractivity contribution in [3.63, 3.8) is 0 Å². The number of rotatable bonds is 6. The van der Waals surface area contributed by atoms with Crippen molar-refractivity contribution in [2.45, 2.75) is 25.1 Å². The molecule has 160 valence electrons. The van der Waals surface area contributed by atoms with Gasteiger partial charge >= 0.3 is 6.18 Å². The number of benzene rings is 2. The summed E-state index contributed by atoms with van der Waals surface area (Å²) in [4.78, 5) is 27.7. The van der Waals surface area contributed by atoms with Gasteiger partial charge in [0.1, 0.15) is 5.69 Å². The van der Waals surface area contributed by atoms with Crippen molar-refractivity contribution in [2.75, 3.05) is 0 Å². The molecule has 0 saturated heterocycles. The lowest BCUT2D eigenvalue weighted by Crippen LogP contribution is -2.28. The second-order valence-corrected chi connectivity index (χ2v) is 7.00. The van der Waals surface area contributed by atoms with Crippen molar-refractivity contribution < 1.29 is 18.0 Å². The van der Waals surface area contributed by atoms with Gasteiger partial charge in [0, 0.05) is 23.9 Å². The largest absolute Gasteiger partial charge is 0.418 e. The number of carbonyl (C=O) groups excluding carboxylic acids is 1. The van der Waals surface area contributed by atoms with E-state index in [1.807, 2.05) is 6.07 Å². The summed E-state index contributed by atoms with van der Waals surface area (Å²) < 4.78 is 41.2. The summed E-state index contributed by atoms with van der Waals surface area (Å²) in [6.07, 6.45) is -3.19. The first-order chi connectivity index (χ1) is 14.7. The summed E-state index contributed by atoms with van der Waals surface area (Å²) in [6.45, 7) is 1.72. The highest BCUT2D eigenvalue weighted by Crippen LogP contribution is 2.35. The van der Waals surface area contributed by atoms with E-state index in [0.717, 1.165) is 30.1 Å². The third-order valence-electron chi connectivity index (χ3n) is 4.90. The molecule has 1 atom stereocenters. The number of carbonyl (C=O) groups is 1. The molecule has 0 spiro atoms. The maximum atomic E-state index is 13.7. The van der Waals surface area contributed by atoms with E-state index in [2.05, 4.69) is 10.3 Å². The van der Waals surface area contributed by atoms with Crippen LogP contribution in [-0.4, -0.2) is 23.3 Å². The van der Waals surface area contributed by atoms with Crippen molar-refractivity contribution >= 4 is 29.2 Å². The number of aromatic nitrogens is 1. The topological polar surface area (TPSA) is 110 Å². The Bertz CT molecular complexity index is 1200. The predicted molar refractivity (Wildman–Crippen MR) is 112 cm³/mol. The molecule has 0 bridgehead atoms. The van der Waals surface area contributed by atoms with Crippen LogP contribution in [0.2, 0.25) is 0 Å². The van der Waals surface area contributed by atoms with Crippen molar-refractivity contribution in [3.05, 3.63) is 81.1 Å². The second-order valence-electron chi connectivity index (χ2n) is 7.00. The first kappa shape index (κ1) is 21.9. The number of halogens is 3. The maximum absolute atomic E-state index is 13.7. The van der Waals surface area contributed by atoms with Gasteiger partial charge in [-0.2, -0.15) is 13.2 Å². The summed E-state index contributed by atoms with van der Waals surface area (Å²) in [5, 5.41) is 17.0. The number of aromatic amines is 1. The first-order valence-corrected chi connectivity index (χ1v) is 9.31. The molecular weight excluding hydrogens is 409 g/mol. The summed E-state index contributed by atoms with van der Waals surface area (Å²) in [6, 6.07) is 11.5. The summed E-state index contributed by atoms with van der Waals surface area (Å²) in [5.74, 6) is -1.72. The molecule has 0 fully saturated rings. The molecule has 0 radical (unpaired) electrons. The Kier molecular flexibility index (Phi) is 6.05. The van der Waals surface area contributed by atoms with Gasteiger partial charge in [0.2, 0.25) is 0 Å². The molecule has 1 amide bonds. The van der Waals surface area contributed by atoms with Crippen LogP contribution in [0, 0.1) is 10.8 Å². The molecule has 1 heterocycles. The highest BCUT2D eigenvalue weighted by molar-refractivity contribution is 5.96. The monoisotopic (exact) mass is 428 g/mol. The van der Waals surface area contributed by atoms with Gasteiger partial charge in [-0.3, -0.25) is 9.59 Å². The van der Waals surface area contributed by atoms with Gasteiger partial charge in [-0.1, -0.05) is 30.3 Å². The lowest BCUT2D eigenvalue weighted by molar-refractivity contribution is -0.136. The zero-order valence-electron chi connectivity index (χ0n) is 16.4. The number of pyridine rings is 1. The zero-order chi connectivity index (χ0) is 22.8. The van der Waals surface area contributed by atoms with Crippen LogP contribution in [0.4, 0.5) is 13.2 Å². The highest BCUT2D eigenvalue weighted by Gasteiger charge is 2.34. The minimum atomic E-state index is -4.82. The third-order valence-corrected chi connectivity index (χ3v) is 4.90. The molecular formula is C22H19F3N4O2. The summed E-state index contributed by atoms with van der Waals surface area (Å²) in [5.41, 5.74) is -1.94. The average molecular weight is 428 g/mol. The number of H-pyrrole nitrogens is 1. The van der Waals surface area contributed by atoms with Gasteiger partial charge in [-0.15, -0.1) is 0 Å². The molecule has 1 unspecified atom stereocenters. The third kappa shape index (κ3) is 4.55. The van der Waals surface area contributed by atoms with Crippen LogP contribution in [-0.2, 0) is 6.18 Å². The minimum Gasteiger partial charge on any atom is -0.350 e. The van der Waals surface area contributed by atoms with E-state index >= 15 is 0 Å². The number of hydrogen-bond donors (Lipinski definition) is 4. The fraction of sp³-hybridized carbons (Fsp3) is 0.182. The molecule has 0 aliphatic heterocycles. The first-order valence-electron chi connectivity index (χ1n) is 9.31. The second kappa shape index (κ2) is 8.55. The van der Waals surface area contributed by atoms with E-state index in [1.165, 1.54) is 6.07 Å². The lowest BCUT2D eigenvalue weighted by Gasteiger charge is -2.17. The molecule has 2 aromatic carbocycles. The molecule has 6 nitrogen and oxygen atoms in total. The Hall–Kier alpha value is -3.75. The maximum Gasteiger partial charge on any atom is 0.418 e. The molecule has 4 N–H and O–H groups in total. The Labute approximate surface area is 175 Å². The van der Waals surface area contributed by atoms with Gasteiger partial charge in [-0.25, -0.2) is 0 Å². The quantitative estimate of drug-likeness (QED) is 0.436. The Morgan fingerprint density at radius 1 is 1.06 bits per heavy atom. The number of alkyl halides is 3. The van der Waals surface area contributed by atoms with Crippen molar-refractivity contribution in [1.29, 1.82) is 10.8 Å². The Morgan fingerprint density at radius 3 is 2.29 bits per heavy atom. The number of nitrogens with one attached hydrogen (secondary N) is 4. The molecule has 31 heavy (non-hydrogen) atoms. The SMILES string of the molecule is CC(NC(=O)c1cc(=O)c2cc(C(C=N)C=N)cc(C(F)(F)F)c2[nH]1)c1ccccc1. The number of fused-ring (bicyclic) bond motifs is 1. The lowest BCUT2D eigenvalue weighted by atomic mass is 9.95. The van der Waals surface area contributed by atoms with Gasteiger partial charge < -0.3 is 21.1 Å². The van der Waals surface area contributed by atoms with E-state index in [9.17, 15) is 22.8 Å². The minimum absolute atomic E-state index is 0.00905. The van der Waals surface area contributed by atoms with Crippen molar-refractivity contribution in [3.8, 4) is 0 Å². The summed E-state index contributed by atoms with van der Waals surface area (Å²) >= 11 is 0. The van der Waals surface area contributed by atoms with Crippen molar-refractivity contribution in [1.82, 2.24) is 10.3 Å². The van der Waals surface area contributed by atoms with Crippen LogP contribution in [0.5, 0.6) is 0 Å². The van der Waals surface area contributed by atoms with Gasteiger partial charge in [0.05, 0.1) is 23.0 Å². The molecule has 0 saturated carbocycles. The Morgan fingerprint density at radius 2 is 1.71 bits per heavy atom. The van der Waals surface area contributed by atoms with Gasteiger partial charge in [-0.05, 0) is 30.2 Å². The van der Waals surface area contributed by atoms with E-state index in [1.54, 1.807) is 31.2 Å². The highest BCUT2D eigenvalue weighted by atomic mass is 19.4. The van der Waals surface area contributed by atoms with Crippen LogP contribution in [0.15, 0.2) is 53.3 Å². The smallest absolute Gasteiger partial charge is 0.350 e.